The predicted octanol–water partition coefficient (Wildman–Crippen LogP) is 8.39. The number of hydrazone groups is 1. The van der Waals surface area contributed by atoms with E-state index in [1.165, 1.54) is 52.7 Å². The number of halogens is 4. The number of carbonyl (C=O) groups is 1. The molecule has 0 saturated heterocycles. The van der Waals surface area contributed by atoms with Crippen molar-refractivity contribution in [3.05, 3.63) is 105 Å². The number of anilines is 1. The monoisotopic (exact) mass is 682 g/mol. The normalized spacial score (nSPS) is 12.7. The van der Waals surface area contributed by atoms with Gasteiger partial charge in [0.15, 0.2) is 10.6 Å². The number of amidine groups is 1. The van der Waals surface area contributed by atoms with E-state index in [1.54, 1.807) is 13.1 Å². The zero-order valence-electron chi connectivity index (χ0n) is 27.6. The number of aromatic nitrogens is 1. The van der Waals surface area contributed by atoms with E-state index in [2.05, 4.69) is 31.9 Å². The van der Waals surface area contributed by atoms with E-state index in [0.29, 0.717) is 34.9 Å². The van der Waals surface area contributed by atoms with Crippen molar-refractivity contribution in [1.29, 1.82) is 0 Å². The van der Waals surface area contributed by atoms with Gasteiger partial charge in [-0.2, -0.15) is 10.1 Å². The molecule has 0 saturated carbocycles. The number of alkyl halides is 3. The Morgan fingerprint density at radius 1 is 1.06 bits per heavy atom. The van der Waals surface area contributed by atoms with E-state index in [9.17, 15) is 22.4 Å². The number of aryl methyl sites for hydroxylation is 1. The summed E-state index contributed by atoms with van der Waals surface area (Å²) in [7, 11) is 1.65. The average molecular weight is 683 g/mol. The summed E-state index contributed by atoms with van der Waals surface area (Å²) in [6, 6.07) is 17.1. The van der Waals surface area contributed by atoms with Gasteiger partial charge in [0.1, 0.15) is 11.6 Å². The van der Waals surface area contributed by atoms with Crippen molar-refractivity contribution in [3.8, 4) is 11.4 Å². The van der Waals surface area contributed by atoms with Gasteiger partial charge in [-0.25, -0.2) is 14.2 Å². The van der Waals surface area contributed by atoms with Crippen LogP contribution in [-0.4, -0.2) is 43.1 Å². The molecule has 0 aliphatic carbocycles. The maximum absolute atomic E-state index is 14.0. The van der Waals surface area contributed by atoms with Gasteiger partial charge in [0.05, 0.1) is 11.4 Å². The summed E-state index contributed by atoms with van der Waals surface area (Å²) in [6.45, 7) is 14.0. The number of thiazole rings is 1. The molecule has 0 aliphatic heterocycles. The van der Waals surface area contributed by atoms with Gasteiger partial charge in [0.2, 0.25) is 0 Å². The molecule has 0 spiro atoms. The molecule has 4 aromatic rings. The molecule has 0 unspecified atom stereocenters. The van der Waals surface area contributed by atoms with E-state index in [0.717, 1.165) is 22.5 Å². The number of carbonyl (C=O) groups excluding carboxylic acids is 1. The van der Waals surface area contributed by atoms with Crippen molar-refractivity contribution in [1.82, 2.24) is 9.88 Å². The fraction of sp³-hybridized carbons (Fsp3) is 0.314. The molecule has 3 aromatic carbocycles. The van der Waals surface area contributed by atoms with Crippen molar-refractivity contribution < 1.29 is 27.1 Å². The number of benzene rings is 3. The molecular formula is C35H38F4N6O2S. The summed E-state index contributed by atoms with van der Waals surface area (Å²) in [5.41, 5.74) is 4.45. The number of urea groups is 1. The van der Waals surface area contributed by atoms with Crippen LogP contribution < -0.4 is 19.9 Å². The molecule has 1 aromatic heterocycles. The lowest BCUT2D eigenvalue weighted by Crippen LogP contribution is -2.35. The van der Waals surface area contributed by atoms with Gasteiger partial charge in [-0.3, -0.25) is 9.58 Å². The summed E-state index contributed by atoms with van der Waals surface area (Å²) in [4.78, 5) is 21.8. The molecule has 0 atom stereocenters. The van der Waals surface area contributed by atoms with Crippen LogP contribution in [0, 0.1) is 18.2 Å². The van der Waals surface area contributed by atoms with Gasteiger partial charge >= 0.3 is 12.4 Å². The van der Waals surface area contributed by atoms with Gasteiger partial charge in [0.25, 0.3) is 0 Å². The number of aliphatic imine (C=N–C) groups is 1. The first kappa shape index (κ1) is 36.1. The van der Waals surface area contributed by atoms with Crippen molar-refractivity contribution in [2.75, 3.05) is 18.6 Å². The lowest BCUT2D eigenvalue weighted by Gasteiger charge is -2.24. The molecule has 13 heteroatoms. The Morgan fingerprint density at radius 2 is 1.73 bits per heavy atom. The van der Waals surface area contributed by atoms with Gasteiger partial charge in [-0.1, -0.05) is 52.0 Å². The molecule has 0 radical (unpaired) electrons. The van der Waals surface area contributed by atoms with Crippen molar-refractivity contribution in [2.45, 2.75) is 53.3 Å². The minimum atomic E-state index is -4.77. The average Bonchev–Trinajstić information content (AvgIpc) is 3.37. The van der Waals surface area contributed by atoms with Crippen LogP contribution in [0.25, 0.3) is 5.69 Å². The molecule has 1 N–H and O–H groups in total. The standard InChI is InChI=1S/C35H38F4N6O2S/c1-22(2)29-18-26(36)12-17-30(29)45-23(3)20-48-33(45)42-32(46)41-21-34(4,5)19-24-8-10-25(11-9-24)31(40-6)43-44(7)27-13-15-28(16-14-27)47-35(37,38)39/h8-18,20,22H,6,19,21H2,1-5,7H3,(H,41,46)/b42-33?,43-31-. The first-order valence-electron chi connectivity index (χ1n) is 15.1. The molecule has 48 heavy (non-hydrogen) atoms. The Bertz CT molecular complexity index is 1840. The number of nitrogens with zero attached hydrogens (tertiary/aromatic N) is 5. The highest BCUT2D eigenvalue weighted by molar-refractivity contribution is 7.07. The molecule has 8 nitrogen and oxygen atoms in total. The van der Waals surface area contributed by atoms with E-state index in [1.807, 2.05) is 68.8 Å². The number of nitrogens with one attached hydrogen (secondary N) is 1. The van der Waals surface area contributed by atoms with Crippen molar-refractivity contribution in [2.24, 2.45) is 20.5 Å². The first-order valence-corrected chi connectivity index (χ1v) is 16.0. The number of amides is 2. The van der Waals surface area contributed by atoms with Crippen LogP contribution in [0.5, 0.6) is 5.75 Å². The molecule has 2 amide bonds. The Labute approximate surface area is 281 Å². The quantitative estimate of drug-likeness (QED) is 0.0790. The topological polar surface area (TPSA) is 83.6 Å². The van der Waals surface area contributed by atoms with Crippen LogP contribution in [0.4, 0.5) is 28.0 Å². The van der Waals surface area contributed by atoms with E-state index in [4.69, 9.17) is 0 Å². The SMILES string of the molecule is C=N/C(=N\N(C)c1ccc(OC(F)(F)F)cc1)c1ccc(CC(C)(C)CNC(=O)N=c2scc(C)n2-c2ccc(F)cc2C(C)C)cc1. The predicted molar refractivity (Wildman–Crippen MR) is 183 cm³/mol. The third-order valence-corrected chi connectivity index (χ3v) is 8.32. The third kappa shape index (κ3) is 9.63. The van der Waals surface area contributed by atoms with Crippen LogP contribution in [0.2, 0.25) is 0 Å². The van der Waals surface area contributed by atoms with E-state index >= 15 is 0 Å². The summed E-state index contributed by atoms with van der Waals surface area (Å²) in [6.07, 6.45) is -4.12. The van der Waals surface area contributed by atoms with Gasteiger partial charge in [-0.15, -0.1) is 24.5 Å². The number of ether oxygens (including phenoxy) is 1. The highest BCUT2D eigenvalue weighted by Gasteiger charge is 2.31. The van der Waals surface area contributed by atoms with Crippen LogP contribution in [0.3, 0.4) is 0 Å². The summed E-state index contributed by atoms with van der Waals surface area (Å²) in [5, 5.41) is 10.8. The maximum Gasteiger partial charge on any atom is 0.573 e. The number of rotatable bonds is 10. The Balaban J connectivity index is 1.41. The largest absolute Gasteiger partial charge is 0.573 e. The first-order chi connectivity index (χ1) is 22.5. The minimum absolute atomic E-state index is 0.0727. The van der Waals surface area contributed by atoms with E-state index < -0.39 is 12.4 Å². The Morgan fingerprint density at radius 3 is 2.33 bits per heavy atom. The van der Waals surface area contributed by atoms with Crippen LogP contribution in [0.15, 0.2) is 87.2 Å². The van der Waals surface area contributed by atoms with E-state index in [-0.39, 0.29) is 22.9 Å². The summed E-state index contributed by atoms with van der Waals surface area (Å²) in [5.74, 6) is -0.238. The molecular weight excluding hydrogens is 644 g/mol. The van der Waals surface area contributed by atoms with Crippen molar-refractivity contribution in [3.63, 3.8) is 0 Å². The molecule has 254 valence electrons. The van der Waals surface area contributed by atoms with Gasteiger partial charge in [-0.05, 0) is 85.0 Å². The van der Waals surface area contributed by atoms with Gasteiger partial charge in [0, 0.05) is 30.2 Å². The van der Waals surface area contributed by atoms with Crippen molar-refractivity contribution >= 4 is 35.6 Å². The third-order valence-electron chi connectivity index (χ3n) is 7.38. The zero-order chi connectivity index (χ0) is 35.2. The smallest absolute Gasteiger partial charge is 0.406 e. The number of hydrogen-bond donors (Lipinski definition) is 1. The summed E-state index contributed by atoms with van der Waals surface area (Å²) >= 11 is 1.34. The maximum atomic E-state index is 14.0. The van der Waals surface area contributed by atoms with Crippen LogP contribution >= 0.6 is 11.3 Å². The molecule has 0 aliphatic rings. The second-order valence-electron chi connectivity index (χ2n) is 12.3. The second kappa shape index (κ2) is 15.0. The minimum Gasteiger partial charge on any atom is -0.406 e. The van der Waals surface area contributed by atoms with Crippen LogP contribution in [-0.2, 0) is 6.42 Å². The number of hydrogen-bond acceptors (Lipinski definition) is 5. The van der Waals surface area contributed by atoms with Gasteiger partial charge < -0.3 is 10.1 Å². The zero-order valence-corrected chi connectivity index (χ0v) is 28.4. The Hall–Kier alpha value is -4.78. The van der Waals surface area contributed by atoms with Crippen LogP contribution in [0.1, 0.15) is 56.0 Å². The second-order valence-corrected chi connectivity index (χ2v) is 13.1. The Kier molecular flexibility index (Phi) is 11.2. The lowest BCUT2D eigenvalue weighted by molar-refractivity contribution is -0.274. The fourth-order valence-electron chi connectivity index (χ4n) is 5.03. The molecule has 0 bridgehead atoms. The molecule has 0 fully saturated rings. The lowest BCUT2D eigenvalue weighted by atomic mass is 9.85. The molecule has 1 heterocycles. The highest BCUT2D eigenvalue weighted by atomic mass is 32.1. The summed E-state index contributed by atoms with van der Waals surface area (Å²) < 4.78 is 57.2. The molecule has 4 rings (SSSR count). The highest BCUT2D eigenvalue weighted by Crippen LogP contribution is 2.27. The fourth-order valence-corrected chi connectivity index (χ4v) is 5.89.